The van der Waals surface area contributed by atoms with Gasteiger partial charge in [-0.25, -0.2) is 4.39 Å². The number of nitrogens with one attached hydrogen (secondary N) is 1. The number of methoxy groups -OCH3 is 1. The van der Waals surface area contributed by atoms with E-state index in [1.165, 1.54) is 23.7 Å². The lowest BCUT2D eigenvalue weighted by molar-refractivity contribution is -0.116. The van der Waals surface area contributed by atoms with Gasteiger partial charge in [-0.2, -0.15) is 4.37 Å². The molecular formula is C19H15FN2O2S. The van der Waals surface area contributed by atoms with Crippen molar-refractivity contribution in [3.8, 4) is 17.0 Å². The number of rotatable bonds is 3. The van der Waals surface area contributed by atoms with E-state index in [9.17, 15) is 9.18 Å². The maximum absolute atomic E-state index is 13.2. The largest absolute Gasteiger partial charge is 0.497 e. The number of ether oxygens (including phenoxy) is 1. The lowest BCUT2D eigenvalue weighted by atomic mass is 9.89. The smallest absolute Gasteiger partial charge is 0.225 e. The zero-order valence-electron chi connectivity index (χ0n) is 13.5. The van der Waals surface area contributed by atoms with E-state index >= 15 is 0 Å². The van der Waals surface area contributed by atoms with Gasteiger partial charge in [0.05, 0.1) is 17.7 Å². The number of halogens is 1. The first kappa shape index (κ1) is 15.8. The quantitative estimate of drug-likeness (QED) is 0.757. The normalized spacial score (nSPS) is 16.2. The fourth-order valence-corrected chi connectivity index (χ4v) is 4.01. The number of hydrogen-bond acceptors (Lipinski definition) is 4. The summed E-state index contributed by atoms with van der Waals surface area (Å²) in [6, 6.07) is 13.9. The summed E-state index contributed by atoms with van der Waals surface area (Å²) in [5, 5.41) is 2.95. The van der Waals surface area contributed by atoms with Crippen molar-refractivity contribution >= 4 is 23.1 Å². The van der Waals surface area contributed by atoms with Gasteiger partial charge in [0.25, 0.3) is 0 Å². The van der Waals surface area contributed by atoms with Crippen LogP contribution in [0.2, 0.25) is 0 Å². The molecule has 126 valence electrons. The number of fused-ring (bicyclic) bond motifs is 1. The molecule has 6 heteroatoms. The van der Waals surface area contributed by atoms with Crippen LogP contribution in [0.3, 0.4) is 0 Å². The van der Waals surface area contributed by atoms with E-state index in [1.807, 2.05) is 24.3 Å². The molecule has 0 bridgehead atoms. The van der Waals surface area contributed by atoms with Crippen molar-refractivity contribution in [2.45, 2.75) is 12.3 Å². The van der Waals surface area contributed by atoms with Crippen LogP contribution >= 0.6 is 11.5 Å². The molecule has 2 heterocycles. The van der Waals surface area contributed by atoms with Crippen molar-refractivity contribution in [1.29, 1.82) is 0 Å². The van der Waals surface area contributed by atoms with E-state index in [0.717, 1.165) is 33.1 Å². The lowest BCUT2D eigenvalue weighted by Crippen LogP contribution is -2.22. The first-order valence-electron chi connectivity index (χ1n) is 7.85. The van der Waals surface area contributed by atoms with E-state index in [4.69, 9.17) is 4.74 Å². The van der Waals surface area contributed by atoms with Crippen LogP contribution in [0.15, 0.2) is 48.5 Å². The highest BCUT2D eigenvalue weighted by molar-refractivity contribution is 7.07. The maximum Gasteiger partial charge on any atom is 0.225 e. The Morgan fingerprint density at radius 3 is 2.56 bits per heavy atom. The Hall–Kier alpha value is -2.73. The fourth-order valence-electron chi connectivity index (χ4n) is 3.04. The molecule has 4 nitrogen and oxygen atoms in total. The average molecular weight is 354 g/mol. The van der Waals surface area contributed by atoms with Crippen molar-refractivity contribution in [3.05, 3.63) is 64.8 Å². The third kappa shape index (κ3) is 2.89. The van der Waals surface area contributed by atoms with E-state index in [0.29, 0.717) is 6.42 Å². The molecule has 1 atom stereocenters. The lowest BCUT2D eigenvalue weighted by Gasteiger charge is -2.23. The molecule has 2 aromatic carbocycles. The molecule has 1 aromatic heterocycles. The number of aromatic nitrogens is 1. The molecule has 0 spiro atoms. The topological polar surface area (TPSA) is 51.2 Å². The van der Waals surface area contributed by atoms with Gasteiger partial charge in [-0.15, -0.1) is 0 Å². The van der Waals surface area contributed by atoms with Crippen LogP contribution in [0, 0.1) is 5.82 Å². The fraction of sp³-hybridized carbons (Fsp3) is 0.158. The van der Waals surface area contributed by atoms with Gasteiger partial charge in [-0.1, -0.05) is 12.1 Å². The molecule has 0 aliphatic carbocycles. The summed E-state index contributed by atoms with van der Waals surface area (Å²) in [5.41, 5.74) is 3.34. The summed E-state index contributed by atoms with van der Waals surface area (Å²) in [5.74, 6) is 0.319. The number of nitrogens with zero attached hydrogens (tertiary/aromatic N) is 1. The summed E-state index contributed by atoms with van der Waals surface area (Å²) >= 11 is 1.38. The van der Waals surface area contributed by atoms with E-state index in [2.05, 4.69) is 9.69 Å². The second kappa shape index (κ2) is 6.29. The Morgan fingerprint density at radius 2 is 1.88 bits per heavy atom. The molecule has 1 unspecified atom stereocenters. The van der Waals surface area contributed by atoms with Crippen LogP contribution in [0.4, 0.5) is 10.1 Å². The molecule has 0 saturated carbocycles. The highest BCUT2D eigenvalue weighted by Crippen LogP contribution is 2.44. The van der Waals surface area contributed by atoms with Gasteiger partial charge >= 0.3 is 0 Å². The molecule has 25 heavy (non-hydrogen) atoms. The molecule has 1 aliphatic rings. The van der Waals surface area contributed by atoms with Crippen LogP contribution < -0.4 is 10.1 Å². The first-order valence-corrected chi connectivity index (χ1v) is 8.62. The minimum atomic E-state index is -0.285. The van der Waals surface area contributed by atoms with E-state index in [1.54, 1.807) is 19.2 Å². The summed E-state index contributed by atoms with van der Waals surface area (Å²) in [6.07, 6.45) is 0.336. The molecule has 1 aliphatic heterocycles. The minimum Gasteiger partial charge on any atom is -0.497 e. The Labute approximate surface area is 148 Å². The second-order valence-electron chi connectivity index (χ2n) is 5.86. The third-order valence-corrected chi connectivity index (χ3v) is 5.28. The molecule has 0 fully saturated rings. The second-order valence-corrected chi connectivity index (χ2v) is 6.66. The zero-order valence-corrected chi connectivity index (χ0v) is 14.3. The summed E-state index contributed by atoms with van der Waals surface area (Å²) < 4.78 is 23.0. The van der Waals surface area contributed by atoms with Gasteiger partial charge < -0.3 is 10.1 Å². The van der Waals surface area contributed by atoms with Crippen LogP contribution in [-0.2, 0) is 4.79 Å². The van der Waals surface area contributed by atoms with Crippen molar-refractivity contribution < 1.29 is 13.9 Å². The summed E-state index contributed by atoms with van der Waals surface area (Å²) in [7, 11) is 1.62. The van der Waals surface area contributed by atoms with Gasteiger partial charge in [0.2, 0.25) is 5.91 Å². The molecule has 0 saturated heterocycles. The highest BCUT2D eigenvalue weighted by atomic mass is 32.1. The average Bonchev–Trinajstić information content (AvgIpc) is 3.05. The first-order chi connectivity index (χ1) is 12.2. The molecule has 1 N–H and O–H groups in total. The van der Waals surface area contributed by atoms with Crippen LogP contribution in [0.5, 0.6) is 5.75 Å². The third-order valence-electron chi connectivity index (χ3n) is 4.32. The number of carbonyl (C=O) groups is 1. The van der Waals surface area contributed by atoms with E-state index in [-0.39, 0.29) is 17.6 Å². The molecule has 0 radical (unpaired) electrons. The van der Waals surface area contributed by atoms with Crippen LogP contribution in [-0.4, -0.2) is 17.4 Å². The maximum atomic E-state index is 13.2. The van der Waals surface area contributed by atoms with Gasteiger partial charge in [-0.05, 0) is 53.5 Å². The van der Waals surface area contributed by atoms with Gasteiger partial charge in [0.1, 0.15) is 17.3 Å². The molecule has 3 aromatic rings. The Balaban J connectivity index is 1.76. The predicted octanol–water partition coefficient (Wildman–Crippen LogP) is 4.43. The number of hydrogen-bond donors (Lipinski definition) is 1. The Kier molecular flexibility index (Phi) is 3.97. The van der Waals surface area contributed by atoms with Crippen molar-refractivity contribution in [2.24, 2.45) is 0 Å². The monoisotopic (exact) mass is 354 g/mol. The number of carbonyl (C=O) groups excluding carboxylic acids is 1. The van der Waals surface area contributed by atoms with Crippen molar-refractivity contribution in [1.82, 2.24) is 4.37 Å². The van der Waals surface area contributed by atoms with Crippen molar-refractivity contribution in [3.63, 3.8) is 0 Å². The van der Waals surface area contributed by atoms with Gasteiger partial charge in [0.15, 0.2) is 0 Å². The highest BCUT2D eigenvalue weighted by Gasteiger charge is 2.31. The SMILES string of the molecule is COc1ccc(-c2nsc3c2NC(=O)CC3c2ccc(F)cc2)cc1. The Bertz CT molecular complexity index is 920. The molecule has 1 amide bonds. The van der Waals surface area contributed by atoms with Crippen LogP contribution in [0.1, 0.15) is 22.8 Å². The minimum absolute atomic E-state index is 0.0585. The summed E-state index contributed by atoms with van der Waals surface area (Å²) in [4.78, 5) is 13.2. The molecule has 4 rings (SSSR count). The Morgan fingerprint density at radius 1 is 1.16 bits per heavy atom. The summed E-state index contributed by atoms with van der Waals surface area (Å²) in [6.45, 7) is 0. The van der Waals surface area contributed by atoms with Crippen LogP contribution in [0.25, 0.3) is 11.3 Å². The predicted molar refractivity (Wildman–Crippen MR) is 95.6 cm³/mol. The standard InChI is InChI=1S/C19H15FN2O2S/c1-24-14-8-4-12(5-9-14)17-18-19(25-22-17)15(10-16(23)21-18)11-2-6-13(20)7-3-11/h2-9,15H,10H2,1H3,(H,21,23). The molecular weight excluding hydrogens is 339 g/mol. The van der Waals surface area contributed by atoms with Gasteiger partial charge in [0, 0.05) is 17.9 Å². The number of amides is 1. The van der Waals surface area contributed by atoms with Gasteiger partial charge in [-0.3, -0.25) is 4.79 Å². The number of benzene rings is 2. The number of anilines is 1. The van der Waals surface area contributed by atoms with Crippen molar-refractivity contribution in [2.75, 3.05) is 12.4 Å². The zero-order chi connectivity index (χ0) is 17.4. The van der Waals surface area contributed by atoms with E-state index < -0.39 is 0 Å².